The van der Waals surface area contributed by atoms with Crippen LogP contribution in [0, 0.1) is 0 Å². The second-order valence-corrected chi connectivity index (χ2v) is 14.0. The molecule has 48 heavy (non-hydrogen) atoms. The molecule has 2 N–H and O–H groups in total. The Morgan fingerprint density at radius 2 is 1.40 bits per heavy atom. The van der Waals surface area contributed by atoms with Crippen molar-refractivity contribution >= 4 is 15.9 Å². The number of benzene rings is 4. The lowest BCUT2D eigenvalue weighted by molar-refractivity contribution is -0.141. The van der Waals surface area contributed by atoms with Gasteiger partial charge in [0, 0.05) is 6.04 Å². The van der Waals surface area contributed by atoms with Gasteiger partial charge in [-0.05, 0) is 91.8 Å². The normalized spacial score (nSPS) is 16.2. The molecule has 0 spiro atoms. The van der Waals surface area contributed by atoms with Gasteiger partial charge in [-0.15, -0.1) is 0 Å². The average Bonchev–Trinajstić information content (AvgIpc) is 3.37. The molecular weight excluding hydrogens is 639 g/mol. The SMILES string of the molecule is O=C(NCC(F)(F)F)C1(CCCCN2CCC(NS(=O)(=O)c3ccccc3Oc3ccccc3)CC2)c2ccccc2-c2ccccc21. The zero-order chi connectivity index (χ0) is 33.8. The van der Waals surface area contributed by atoms with Crippen molar-refractivity contribution in [2.24, 2.45) is 0 Å². The third kappa shape index (κ3) is 7.28. The number of hydrogen-bond acceptors (Lipinski definition) is 5. The molecule has 0 saturated carbocycles. The summed E-state index contributed by atoms with van der Waals surface area (Å²) in [5.74, 6) is 0.162. The van der Waals surface area contributed by atoms with Gasteiger partial charge in [0.2, 0.25) is 15.9 Å². The molecule has 1 heterocycles. The molecule has 7 nitrogen and oxygen atoms in total. The Balaban J connectivity index is 1.06. The van der Waals surface area contributed by atoms with Crippen LogP contribution in [-0.4, -0.2) is 57.6 Å². The zero-order valence-electron chi connectivity index (χ0n) is 26.4. The fourth-order valence-electron chi connectivity index (χ4n) is 6.94. The zero-order valence-corrected chi connectivity index (χ0v) is 27.2. The van der Waals surface area contributed by atoms with Crippen LogP contribution in [0.15, 0.2) is 108 Å². The van der Waals surface area contributed by atoms with E-state index >= 15 is 0 Å². The van der Waals surface area contributed by atoms with Crippen LogP contribution in [0.2, 0.25) is 0 Å². The van der Waals surface area contributed by atoms with Gasteiger partial charge >= 0.3 is 6.18 Å². The lowest BCUT2D eigenvalue weighted by Gasteiger charge is -2.33. The predicted octanol–water partition coefficient (Wildman–Crippen LogP) is 7.04. The number of carbonyl (C=O) groups is 1. The second-order valence-electron chi connectivity index (χ2n) is 12.4. The van der Waals surface area contributed by atoms with Gasteiger partial charge < -0.3 is 15.0 Å². The van der Waals surface area contributed by atoms with Gasteiger partial charge in [0.25, 0.3) is 0 Å². The quantitative estimate of drug-likeness (QED) is 0.157. The summed E-state index contributed by atoms with van der Waals surface area (Å²) in [5.41, 5.74) is 1.98. The van der Waals surface area contributed by atoms with Crippen molar-refractivity contribution in [3.8, 4) is 22.6 Å². The van der Waals surface area contributed by atoms with E-state index in [4.69, 9.17) is 4.74 Å². The number of piperidine rings is 1. The van der Waals surface area contributed by atoms with Crippen molar-refractivity contribution in [1.82, 2.24) is 14.9 Å². The number of likely N-dealkylation sites (tertiary alicyclic amines) is 1. The fourth-order valence-corrected chi connectivity index (χ4v) is 8.37. The number of ether oxygens (including phenoxy) is 1. The molecule has 1 aliphatic heterocycles. The first kappa shape index (κ1) is 33.7. The molecule has 252 valence electrons. The van der Waals surface area contributed by atoms with Crippen LogP contribution >= 0.6 is 0 Å². The van der Waals surface area contributed by atoms with E-state index < -0.39 is 34.1 Å². The highest BCUT2D eigenvalue weighted by Crippen LogP contribution is 2.51. The first-order chi connectivity index (χ1) is 23.1. The number of sulfonamides is 1. The maximum absolute atomic E-state index is 13.7. The minimum absolute atomic E-state index is 0.0829. The Morgan fingerprint density at radius 3 is 2.04 bits per heavy atom. The van der Waals surface area contributed by atoms with Crippen molar-refractivity contribution < 1.29 is 31.1 Å². The summed E-state index contributed by atoms with van der Waals surface area (Å²) in [6.45, 7) is 0.732. The number of nitrogens with zero attached hydrogens (tertiary/aromatic N) is 1. The van der Waals surface area contributed by atoms with Gasteiger partial charge in [0.05, 0.1) is 0 Å². The van der Waals surface area contributed by atoms with E-state index in [1.807, 2.05) is 66.7 Å². The lowest BCUT2D eigenvalue weighted by atomic mass is 9.73. The summed E-state index contributed by atoms with van der Waals surface area (Å²) >= 11 is 0. The molecular formula is C37H38F3N3O4S. The highest BCUT2D eigenvalue weighted by atomic mass is 32.2. The summed E-state index contributed by atoms with van der Waals surface area (Å²) in [6.07, 6.45) is -1.54. The second kappa shape index (κ2) is 14.1. The first-order valence-corrected chi connectivity index (χ1v) is 17.7. The van der Waals surface area contributed by atoms with Crippen LogP contribution < -0.4 is 14.8 Å². The number of hydrogen-bond donors (Lipinski definition) is 2. The van der Waals surface area contributed by atoms with Crippen LogP contribution in [0.3, 0.4) is 0 Å². The Kier molecular flexibility index (Phi) is 9.91. The summed E-state index contributed by atoms with van der Waals surface area (Å²) in [5, 5.41) is 2.19. The highest BCUT2D eigenvalue weighted by molar-refractivity contribution is 7.89. The number of amides is 1. The number of rotatable bonds is 12. The third-order valence-corrected chi connectivity index (χ3v) is 10.8. The number of fused-ring (bicyclic) bond motifs is 3. The maximum atomic E-state index is 13.7. The fraction of sp³-hybridized carbons (Fsp3) is 0.324. The molecule has 4 aromatic carbocycles. The molecule has 0 atom stereocenters. The van der Waals surface area contributed by atoms with Crippen LogP contribution in [0.5, 0.6) is 11.5 Å². The lowest BCUT2D eigenvalue weighted by Crippen LogP contribution is -2.47. The van der Waals surface area contributed by atoms with Crippen molar-refractivity contribution in [2.45, 2.75) is 54.6 Å². The maximum Gasteiger partial charge on any atom is 0.405 e. The van der Waals surface area contributed by atoms with Gasteiger partial charge in [-0.3, -0.25) is 4.79 Å². The standard InChI is InChI=1S/C37H38F3N3O4S/c38-37(39,40)26-41-35(44)36(31-16-6-4-14-29(31)30-15-5-7-17-32(30)36)22-10-11-23-43-24-20-27(21-25-43)42-48(45,46)34-19-9-8-18-33(34)47-28-12-2-1-3-13-28/h1-9,12-19,27,42H,10-11,20-26H2,(H,41,44). The Labute approximate surface area is 279 Å². The van der Waals surface area contributed by atoms with E-state index in [9.17, 15) is 26.4 Å². The van der Waals surface area contributed by atoms with E-state index in [2.05, 4.69) is 14.9 Å². The van der Waals surface area contributed by atoms with Crippen molar-refractivity contribution in [2.75, 3.05) is 26.2 Å². The molecule has 4 aromatic rings. The van der Waals surface area contributed by atoms with Crippen LogP contribution in [0.25, 0.3) is 11.1 Å². The van der Waals surface area contributed by atoms with Crippen LogP contribution in [0.1, 0.15) is 43.2 Å². The summed E-state index contributed by atoms with van der Waals surface area (Å²) in [4.78, 5) is 16.1. The van der Waals surface area contributed by atoms with Gasteiger partial charge in [0.15, 0.2) is 0 Å². The molecule has 1 aliphatic carbocycles. The molecule has 0 unspecified atom stereocenters. The third-order valence-electron chi connectivity index (χ3n) is 9.20. The topological polar surface area (TPSA) is 87.7 Å². The number of carbonyl (C=O) groups excluding carboxylic acids is 1. The molecule has 1 amide bonds. The summed E-state index contributed by atoms with van der Waals surface area (Å²) < 4.78 is 75.0. The van der Waals surface area contributed by atoms with E-state index in [-0.39, 0.29) is 16.7 Å². The minimum Gasteiger partial charge on any atom is -0.456 e. The largest absolute Gasteiger partial charge is 0.456 e. The number of nitrogens with one attached hydrogen (secondary N) is 2. The van der Waals surface area contributed by atoms with E-state index in [1.54, 1.807) is 30.3 Å². The molecule has 11 heteroatoms. The molecule has 0 bridgehead atoms. The predicted molar refractivity (Wildman–Crippen MR) is 178 cm³/mol. The number of alkyl halides is 3. The molecule has 1 saturated heterocycles. The summed E-state index contributed by atoms with van der Waals surface area (Å²) in [7, 11) is -3.84. The smallest absolute Gasteiger partial charge is 0.405 e. The monoisotopic (exact) mass is 677 g/mol. The van der Waals surface area contributed by atoms with Crippen molar-refractivity contribution in [3.05, 3.63) is 114 Å². The van der Waals surface area contributed by atoms with Crippen LogP contribution in [-0.2, 0) is 20.2 Å². The van der Waals surface area contributed by atoms with Gasteiger partial charge in [-0.2, -0.15) is 13.2 Å². The minimum atomic E-state index is -4.52. The van der Waals surface area contributed by atoms with E-state index in [0.29, 0.717) is 44.5 Å². The number of halogens is 3. The van der Waals surface area contributed by atoms with Gasteiger partial charge in [-0.25, -0.2) is 13.1 Å². The number of para-hydroxylation sites is 2. The van der Waals surface area contributed by atoms with Gasteiger partial charge in [0.1, 0.15) is 28.4 Å². The molecule has 2 aliphatic rings. The van der Waals surface area contributed by atoms with E-state index in [0.717, 1.165) is 35.2 Å². The Bertz CT molecular complexity index is 1800. The molecule has 0 aromatic heterocycles. The summed E-state index contributed by atoms with van der Waals surface area (Å²) in [6, 6.07) is 30.3. The Morgan fingerprint density at radius 1 is 0.812 bits per heavy atom. The average molecular weight is 678 g/mol. The molecule has 0 radical (unpaired) electrons. The number of unbranched alkanes of at least 4 members (excludes halogenated alkanes) is 1. The van der Waals surface area contributed by atoms with E-state index in [1.165, 1.54) is 6.07 Å². The Hall–Kier alpha value is -4.19. The molecule has 6 rings (SSSR count). The van der Waals surface area contributed by atoms with Crippen molar-refractivity contribution in [1.29, 1.82) is 0 Å². The van der Waals surface area contributed by atoms with Crippen LogP contribution in [0.4, 0.5) is 13.2 Å². The first-order valence-electron chi connectivity index (χ1n) is 16.2. The van der Waals surface area contributed by atoms with Crippen molar-refractivity contribution in [3.63, 3.8) is 0 Å². The molecule has 1 fully saturated rings. The highest BCUT2D eigenvalue weighted by Gasteiger charge is 2.49. The van der Waals surface area contributed by atoms with Gasteiger partial charge in [-0.1, -0.05) is 85.3 Å².